The lowest BCUT2D eigenvalue weighted by atomic mass is 10.0. The fraction of sp³-hybridized carbons (Fsp3) is 0.625. The molecule has 1 N–H and O–H groups in total. The van der Waals surface area contributed by atoms with Crippen molar-refractivity contribution in [2.24, 2.45) is 0 Å². The number of ether oxygens (including phenoxy) is 1. The second kappa shape index (κ2) is 8.65. The van der Waals surface area contributed by atoms with Gasteiger partial charge in [-0.25, -0.2) is 0 Å². The summed E-state index contributed by atoms with van der Waals surface area (Å²) in [4.78, 5) is 2.29. The predicted octanol–water partition coefficient (Wildman–Crippen LogP) is 3.98. The smallest absolute Gasteiger partial charge is 0.0663 e. The number of likely N-dealkylation sites (N-methyl/N-ethyl adjacent to an activating group) is 1. The average Bonchev–Trinajstić information content (AvgIpc) is 2.44. The number of rotatable bonds is 8. The molecule has 2 unspecified atom stereocenters. The topological polar surface area (TPSA) is 24.5 Å². The highest BCUT2D eigenvalue weighted by Gasteiger charge is 2.17. The van der Waals surface area contributed by atoms with Gasteiger partial charge in [0, 0.05) is 36.4 Å². The monoisotopic (exact) mass is 342 g/mol. The Bertz CT molecular complexity index is 411. The maximum absolute atomic E-state index is 5.27. The number of methoxy groups -OCH3 is 1. The lowest BCUT2D eigenvalue weighted by Gasteiger charge is -2.30. The van der Waals surface area contributed by atoms with Crippen LogP contribution >= 0.6 is 15.9 Å². The lowest BCUT2D eigenvalue weighted by Crippen LogP contribution is -2.34. The summed E-state index contributed by atoms with van der Waals surface area (Å²) in [5.41, 5.74) is 2.58. The molecule has 2 atom stereocenters. The number of halogens is 1. The Labute approximate surface area is 131 Å². The zero-order valence-corrected chi connectivity index (χ0v) is 14.8. The standard InChI is InChI=1S/C16H27BrN2O/c1-6-9-18-13(3)15-10-14(17)7-8-16(15)19(4)12(2)11-20-5/h7-8,10,12-13,18H,6,9,11H2,1-5H3. The van der Waals surface area contributed by atoms with E-state index in [1.807, 2.05) is 0 Å². The molecule has 0 heterocycles. The fourth-order valence-corrected chi connectivity index (χ4v) is 2.63. The van der Waals surface area contributed by atoms with Gasteiger partial charge in [0.15, 0.2) is 0 Å². The number of anilines is 1. The van der Waals surface area contributed by atoms with Crippen LogP contribution in [0.25, 0.3) is 0 Å². The molecule has 1 aromatic carbocycles. The minimum absolute atomic E-state index is 0.333. The summed E-state index contributed by atoms with van der Waals surface area (Å²) < 4.78 is 6.39. The van der Waals surface area contributed by atoms with E-state index in [1.54, 1.807) is 7.11 Å². The average molecular weight is 343 g/mol. The van der Waals surface area contributed by atoms with Crippen molar-refractivity contribution in [1.82, 2.24) is 5.32 Å². The van der Waals surface area contributed by atoms with E-state index < -0.39 is 0 Å². The third-order valence-corrected chi connectivity index (χ3v) is 4.10. The SMILES string of the molecule is CCCNC(C)c1cc(Br)ccc1N(C)C(C)COC. The van der Waals surface area contributed by atoms with E-state index in [0.717, 1.165) is 24.0 Å². The van der Waals surface area contributed by atoms with E-state index in [4.69, 9.17) is 4.74 Å². The molecule has 0 saturated carbocycles. The van der Waals surface area contributed by atoms with Crippen LogP contribution in [0, 0.1) is 0 Å². The molecule has 0 aliphatic carbocycles. The van der Waals surface area contributed by atoms with E-state index >= 15 is 0 Å². The first-order valence-electron chi connectivity index (χ1n) is 7.25. The first kappa shape index (κ1) is 17.5. The van der Waals surface area contributed by atoms with Crippen molar-refractivity contribution in [3.8, 4) is 0 Å². The molecular weight excluding hydrogens is 316 g/mol. The summed E-state index contributed by atoms with van der Waals surface area (Å²) in [5.74, 6) is 0. The van der Waals surface area contributed by atoms with E-state index in [9.17, 15) is 0 Å². The molecule has 0 aromatic heterocycles. The highest BCUT2D eigenvalue weighted by Crippen LogP contribution is 2.30. The number of hydrogen-bond acceptors (Lipinski definition) is 3. The first-order chi connectivity index (χ1) is 9.51. The van der Waals surface area contributed by atoms with E-state index in [1.165, 1.54) is 11.3 Å². The van der Waals surface area contributed by atoms with Crippen LogP contribution in [0.5, 0.6) is 0 Å². The van der Waals surface area contributed by atoms with Gasteiger partial charge in [-0.2, -0.15) is 0 Å². The van der Waals surface area contributed by atoms with E-state index in [2.05, 4.69) is 72.2 Å². The summed E-state index contributed by atoms with van der Waals surface area (Å²) in [6.45, 7) is 8.34. The quantitative estimate of drug-likeness (QED) is 0.773. The number of nitrogens with one attached hydrogen (secondary N) is 1. The summed E-state index contributed by atoms with van der Waals surface area (Å²) in [5, 5.41) is 3.56. The molecule has 0 aliphatic rings. The van der Waals surface area contributed by atoms with Gasteiger partial charge in [0.25, 0.3) is 0 Å². The van der Waals surface area contributed by atoms with Gasteiger partial charge in [-0.05, 0) is 50.6 Å². The van der Waals surface area contributed by atoms with Gasteiger partial charge in [-0.15, -0.1) is 0 Å². The zero-order chi connectivity index (χ0) is 15.1. The Hall–Kier alpha value is -0.580. The molecule has 4 heteroatoms. The molecule has 3 nitrogen and oxygen atoms in total. The summed E-state index contributed by atoms with van der Waals surface area (Å²) in [6, 6.07) is 7.16. The van der Waals surface area contributed by atoms with Crippen LogP contribution < -0.4 is 10.2 Å². The van der Waals surface area contributed by atoms with Gasteiger partial charge in [0.2, 0.25) is 0 Å². The highest BCUT2D eigenvalue weighted by molar-refractivity contribution is 9.10. The molecule has 0 fully saturated rings. The molecule has 114 valence electrons. The van der Waals surface area contributed by atoms with Crippen molar-refractivity contribution in [2.75, 3.05) is 32.2 Å². The molecule has 0 spiro atoms. The van der Waals surface area contributed by atoms with Crippen molar-refractivity contribution in [3.63, 3.8) is 0 Å². The Morgan fingerprint density at radius 3 is 2.65 bits per heavy atom. The summed E-state index contributed by atoms with van der Waals surface area (Å²) >= 11 is 3.58. The zero-order valence-electron chi connectivity index (χ0n) is 13.2. The van der Waals surface area contributed by atoms with Gasteiger partial charge in [0.05, 0.1) is 6.61 Å². The van der Waals surface area contributed by atoms with Crippen molar-refractivity contribution < 1.29 is 4.74 Å². The maximum atomic E-state index is 5.27. The third-order valence-electron chi connectivity index (χ3n) is 3.61. The van der Waals surface area contributed by atoms with Gasteiger partial charge in [-0.1, -0.05) is 22.9 Å². The maximum Gasteiger partial charge on any atom is 0.0663 e. The van der Waals surface area contributed by atoms with Gasteiger partial charge in [0.1, 0.15) is 0 Å². The molecule has 1 aromatic rings. The van der Waals surface area contributed by atoms with Crippen LogP contribution in [0.1, 0.15) is 38.8 Å². The van der Waals surface area contributed by atoms with Crippen LogP contribution in [0.15, 0.2) is 22.7 Å². The molecular formula is C16H27BrN2O. The molecule has 0 bridgehead atoms. The fourth-order valence-electron chi connectivity index (χ4n) is 2.25. The minimum atomic E-state index is 0.333. The Balaban J connectivity index is 3.00. The largest absolute Gasteiger partial charge is 0.383 e. The summed E-state index contributed by atoms with van der Waals surface area (Å²) in [7, 11) is 3.88. The van der Waals surface area contributed by atoms with Crippen LogP contribution in [-0.4, -0.2) is 33.4 Å². The molecule has 0 aliphatic heterocycles. The Kier molecular flexibility index (Phi) is 7.56. The molecule has 20 heavy (non-hydrogen) atoms. The molecule has 0 saturated heterocycles. The normalized spacial score (nSPS) is 14.1. The summed E-state index contributed by atoms with van der Waals surface area (Å²) in [6.07, 6.45) is 1.14. The Morgan fingerprint density at radius 2 is 2.05 bits per heavy atom. The van der Waals surface area contributed by atoms with Crippen molar-refractivity contribution in [1.29, 1.82) is 0 Å². The number of nitrogens with zero attached hydrogens (tertiary/aromatic N) is 1. The molecule has 0 radical (unpaired) electrons. The Morgan fingerprint density at radius 1 is 1.35 bits per heavy atom. The van der Waals surface area contributed by atoms with Crippen molar-refractivity contribution >= 4 is 21.6 Å². The van der Waals surface area contributed by atoms with Gasteiger partial charge >= 0.3 is 0 Å². The van der Waals surface area contributed by atoms with Gasteiger partial charge in [-0.3, -0.25) is 0 Å². The number of benzene rings is 1. The predicted molar refractivity (Wildman–Crippen MR) is 90.6 cm³/mol. The van der Waals surface area contributed by atoms with Crippen LogP contribution in [0.4, 0.5) is 5.69 Å². The van der Waals surface area contributed by atoms with Crippen LogP contribution in [0.3, 0.4) is 0 Å². The second-order valence-electron chi connectivity index (χ2n) is 5.29. The number of hydrogen-bond donors (Lipinski definition) is 1. The van der Waals surface area contributed by atoms with Crippen molar-refractivity contribution in [2.45, 2.75) is 39.3 Å². The van der Waals surface area contributed by atoms with E-state index in [-0.39, 0.29) is 0 Å². The molecule has 1 rings (SSSR count). The third kappa shape index (κ3) is 4.76. The van der Waals surface area contributed by atoms with Gasteiger partial charge < -0.3 is 15.0 Å². The van der Waals surface area contributed by atoms with Crippen molar-refractivity contribution in [3.05, 3.63) is 28.2 Å². The highest BCUT2D eigenvalue weighted by atomic mass is 79.9. The lowest BCUT2D eigenvalue weighted by molar-refractivity contribution is 0.183. The van der Waals surface area contributed by atoms with Crippen LogP contribution in [0.2, 0.25) is 0 Å². The molecule has 0 amide bonds. The minimum Gasteiger partial charge on any atom is -0.383 e. The first-order valence-corrected chi connectivity index (χ1v) is 8.05. The van der Waals surface area contributed by atoms with E-state index in [0.29, 0.717) is 12.1 Å². The van der Waals surface area contributed by atoms with Crippen LogP contribution in [-0.2, 0) is 4.74 Å². The second-order valence-corrected chi connectivity index (χ2v) is 6.21.